The van der Waals surface area contributed by atoms with Crippen LogP contribution in [0.4, 0.5) is 0 Å². The van der Waals surface area contributed by atoms with Crippen LogP contribution in [0.5, 0.6) is 0 Å². The highest BCUT2D eigenvalue weighted by molar-refractivity contribution is 9.10. The van der Waals surface area contributed by atoms with Gasteiger partial charge in [0.15, 0.2) is 5.58 Å². The van der Waals surface area contributed by atoms with Crippen molar-refractivity contribution in [2.45, 2.75) is 0 Å². The number of rotatable bonds is 1. The number of halogens is 1. The summed E-state index contributed by atoms with van der Waals surface area (Å²) in [6.45, 7) is 0. The van der Waals surface area contributed by atoms with Crippen LogP contribution in [-0.4, -0.2) is 16.1 Å². The van der Waals surface area contributed by atoms with Crippen molar-refractivity contribution in [3.8, 4) is 0 Å². The third kappa shape index (κ3) is 1.31. The van der Waals surface area contributed by atoms with Gasteiger partial charge in [0, 0.05) is 0 Å². The van der Waals surface area contributed by atoms with Crippen LogP contribution >= 0.6 is 15.9 Å². The van der Waals surface area contributed by atoms with Crippen molar-refractivity contribution in [3.05, 3.63) is 28.6 Å². The summed E-state index contributed by atoms with van der Waals surface area (Å²) in [6, 6.07) is 2.98. The van der Waals surface area contributed by atoms with Crippen molar-refractivity contribution in [1.82, 2.24) is 4.98 Å². The molecule has 0 spiro atoms. The van der Waals surface area contributed by atoms with Gasteiger partial charge in [-0.05, 0) is 28.1 Å². The first-order chi connectivity index (χ1) is 6.18. The maximum absolute atomic E-state index is 10.6. The Balaban J connectivity index is 2.72. The molecule has 2 aromatic rings. The molecule has 5 heteroatoms. The molecule has 0 radical (unpaired) electrons. The number of hydrogen-bond acceptors (Lipinski definition) is 3. The zero-order valence-electron chi connectivity index (χ0n) is 6.32. The molecule has 2 heterocycles. The fourth-order valence-electron chi connectivity index (χ4n) is 1.00. The predicted molar refractivity (Wildman–Crippen MR) is 48.7 cm³/mol. The largest absolute Gasteiger partial charge is 0.477 e. The highest BCUT2D eigenvalue weighted by Gasteiger charge is 2.09. The Labute approximate surface area is 81.3 Å². The average molecular weight is 242 g/mol. The molecule has 0 unspecified atom stereocenters. The minimum absolute atomic E-state index is 0.00889. The van der Waals surface area contributed by atoms with E-state index in [1.54, 1.807) is 6.07 Å². The molecule has 0 saturated heterocycles. The van der Waals surface area contributed by atoms with Crippen LogP contribution in [0, 0.1) is 0 Å². The SMILES string of the molecule is O=C(O)c1ccc2occ(Br)c2n1. The van der Waals surface area contributed by atoms with Gasteiger partial charge < -0.3 is 9.52 Å². The number of carboxylic acid groups (broad SMARTS) is 1. The number of furan rings is 1. The van der Waals surface area contributed by atoms with Gasteiger partial charge in [0.25, 0.3) is 0 Å². The molecule has 13 heavy (non-hydrogen) atoms. The van der Waals surface area contributed by atoms with E-state index in [1.165, 1.54) is 12.3 Å². The molecule has 0 aliphatic rings. The van der Waals surface area contributed by atoms with E-state index >= 15 is 0 Å². The maximum atomic E-state index is 10.6. The Morgan fingerprint density at radius 1 is 1.54 bits per heavy atom. The van der Waals surface area contributed by atoms with Crippen molar-refractivity contribution >= 4 is 33.0 Å². The molecule has 0 atom stereocenters. The number of hydrogen-bond donors (Lipinski definition) is 1. The van der Waals surface area contributed by atoms with E-state index in [4.69, 9.17) is 9.52 Å². The Morgan fingerprint density at radius 2 is 2.31 bits per heavy atom. The van der Waals surface area contributed by atoms with Crippen molar-refractivity contribution in [1.29, 1.82) is 0 Å². The fraction of sp³-hybridized carbons (Fsp3) is 0. The first kappa shape index (κ1) is 8.25. The molecule has 0 amide bonds. The average Bonchev–Trinajstić information content (AvgIpc) is 2.47. The molecule has 2 aromatic heterocycles. The van der Waals surface area contributed by atoms with Gasteiger partial charge in [-0.2, -0.15) is 0 Å². The van der Waals surface area contributed by atoms with Crippen LogP contribution < -0.4 is 0 Å². The van der Waals surface area contributed by atoms with E-state index in [9.17, 15) is 4.79 Å². The number of carboxylic acids is 1. The smallest absolute Gasteiger partial charge is 0.354 e. The summed E-state index contributed by atoms with van der Waals surface area (Å²) < 4.78 is 5.74. The van der Waals surface area contributed by atoms with E-state index in [0.29, 0.717) is 15.6 Å². The minimum atomic E-state index is -1.05. The molecule has 66 valence electrons. The molecule has 0 aromatic carbocycles. The summed E-state index contributed by atoms with van der Waals surface area (Å²) >= 11 is 3.20. The topological polar surface area (TPSA) is 63.3 Å². The van der Waals surface area contributed by atoms with E-state index in [2.05, 4.69) is 20.9 Å². The molecule has 0 bridgehead atoms. The third-order valence-corrected chi connectivity index (χ3v) is 2.16. The predicted octanol–water partition coefficient (Wildman–Crippen LogP) is 2.29. The Morgan fingerprint density at radius 3 is 3.00 bits per heavy atom. The van der Waals surface area contributed by atoms with E-state index in [0.717, 1.165) is 0 Å². The molecule has 4 nitrogen and oxygen atoms in total. The highest BCUT2D eigenvalue weighted by atomic mass is 79.9. The lowest BCUT2D eigenvalue weighted by molar-refractivity contribution is 0.0691. The van der Waals surface area contributed by atoms with Gasteiger partial charge in [-0.25, -0.2) is 9.78 Å². The fourth-order valence-corrected chi connectivity index (χ4v) is 1.38. The van der Waals surface area contributed by atoms with Crippen molar-refractivity contribution < 1.29 is 14.3 Å². The van der Waals surface area contributed by atoms with Gasteiger partial charge in [-0.1, -0.05) is 0 Å². The molecule has 0 aliphatic carbocycles. The van der Waals surface area contributed by atoms with Gasteiger partial charge in [-0.15, -0.1) is 0 Å². The lowest BCUT2D eigenvalue weighted by Crippen LogP contribution is -1.98. The molecule has 1 N–H and O–H groups in total. The number of fused-ring (bicyclic) bond motifs is 1. The zero-order chi connectivity index (χ0) is 9.42. The van der Waals surface area contributed by atoms with Crippen LogP contribution in [0.25, 0.3) is 11.1 Å². The van der Waals surface area contributed by atoms with E-state index in [1.807, 2.05) is 0 Å². The molecule has 2 rings (SSSR count). The lowest BCUT2D eigenvalue weighted by Gasteiger charge is -1.92. The zero-order valence-corrected chi connectivity index (χ0v) is 7.91. The minimum Gasteiger partial charge on any atom is -0.477 e. The third-order valence-electron chi connectivity index (χ3n) is 1.59. The monoisotopic (exact) mass is 241 g/mol. The van der Waals surface area contributed by atoms with Gasteiger partial charge in [0.1, 0.15) is 17.5 Å². The summed E-state index contributed by atoms with van der Waals surface area (Å²) in [5.74, 6) is -1.05. The highest BCUT2D eigenvalue weighted by Crippen LogP contribution is 2.23. The first-order valence-electron chi connectivity index (χ1n) is 3.45. The Hall–Kier alpha value is -1.36. The van der Waals surface area contributed by atoms with Gasteiger partial charge in [0.05, 0.1) is 4.47 Å². The molecule has 0 aliphatic heterocycles. The molecular weight excluding hydrogens is 238 g/mol. The van der Waals surface area contributed by atoms with E-state index < -0.39 is 5.97 Å². The van der Waals surface area contributed by atoms with Crippen LogP contribution in [0.15, 0.2) is 27.3 Å². The lowest BCUT2D eigenvalue weighted by atomic mass is 10.3. The normalized spacial score (nSPS) is 10.5. The molecule has 0 fully saturated rings. The number of pyridine rings is 1. The summed E-state index contributed by atoms with van der Waals surface area (Å²) in [7, 11) is 0. The first-order valence-corrected chi connectivity index (χ1v) is 4.25. The summed E-state index contributed by atoms with van der Waals surface area (Å²) in [4.78, 5) is 14.5. The van der Waals surface area contributed by atoms with Crippen molar-refractivity contribution in [2.75, 3.05) is 0 Å². The maximum Gasteiger partial charge on any atom is 0.354 e. The molecular formula is C8H4BrNO3. The van der Waals surface area contributed by atoms with Gasteiger partial charge in [0.2, 0.25) is 0 Å². The van der Waals surface area contributed by atoms with Crippen molar-refractivity contribution in [3.63, 3.8) is 0 Å². The van der Waals surface area contributed by atoms with Gasteiger partial charge >= 0.3 is 5.97 Å². The van der Waals surface area contributed by atoms with E-state index in [-0.39, 0.29) is 5.69 Å². The van der Waals surface area contributed by atoms with Crippen molar-refractivity contribution in [2.24, 2.45) is 0 Å². The van der Waals surface area contributed by atoms with Gasteiger partial charge in [-0.3, -0.25) is 0 Å². The van der Waals surface area contributed by atoms with Crippen LogP contribution in [0.2, 0.25) is 0 Å². The van der Waals surface area contributed by atoms with Crippen LogP contribution in [-0.2, 0) is 0 Å². The Bertz CT molecular complexity index is 477. The second kappa shape index (κ2) is 2.85. The second-order valence-corrected chi connectivity index (χ2v) is 3.29. The van der Waals surface area contributed by atoms with Crippen LogP contribution in [0.1, 0.15) is 10.5 Å². The summed E-state index contributed by atoms with van der Waals surface area (Å²) in [5.41, 5.74) is 1.10. The number of nitrogens with zero attached hydrogens (tertiary/aromatic N) is 1. The molecule has 0 saturated carbocycles. The quantitative estimate of drug-likeness (QED) is 0.833. The number of carbonyl (C=O) groups is 1. The second-order valence-electron chi connectivity index (χ2n) is 2.43. The summed E-state index contributed by atoms with van der Waals surface area (Å²) in [6.07, 6.45) is 1.48. The van der Waals surface area contributed by atoms with Crippen LogP contribution in [0.3, 0.4) is 0 Å². The number of aromatic nitrogens is 1. The number of aromatic carboxylic acids is 1. The Kier molecular flexibility index (Phi) is 1.81. The summed E-state index contributed by atoms with van der Waals surface area (Å²) in [5, 5.41) is 8.66. The standard InChI is InChI=1S/C8H4BrNO3/c9-4-3-13-6-2-1-5(8(11)12)10-7(4)6/h1-3H,(H,11,12).